The lowest BCUT2D eigenvalue weighted by Gasteiger charge is -1.98. The maximum absolute atomic E-state index is 12.8. The molecule has 0 atom stereocenters. The third kappa shape index (κ3) is 2.21. The maximum atomic E-state index is 12.8. The molecule has 0 saturated heterocycles. The van der Waals surface area contributed by atoms with Gasteiger partial charge in [0.05, 0.1) is 11.8 Å². The van der Waals surface area contributed by atoms with Gasteiger partial charge in [0, 0.05) is 4.90 Å². The maximum Gasteiger partial charge on any atom is 0.136 e. The van der Waals surface area contributed by atoms with Crippen LogP contribution in [0.4, 0.5) is 8.78 Å². The minimum absolute atomic E-state index is 0.125. The second kappa shape index (κ2) is 4.07. The molecule has 1 aromatic carbocycles. The molecule has 0 fully saturated rings. The summed E-state index contributed by atoms with van der Waals surface area (Å²) < 4.78 is 25.3. The summed E-state index contributed by atoms with van der Waals surface area (Å²) in [7, 11) is 0. The van der Waals surface area contributed by atoms with Gasteiger partial charge >= 0.3 is 0 Å². The largest absolute Gasteiger partial charge is 0.207 e. The van der Waals surface area contributed by atoms with Crippen LogP contribution in [0.15, 0.2) is 23.1 Å². The lowest BCUT2D eigenvalue weighted by molar-refractivity contribution is 0.577. The zero-order chi connectivity index (χ0) is 8.97. The number of benzene rings is 1. The Morgan fingerprint density at radius 3 is 2.83 bits per heavy atom. The van der Waals surface area contributed by atoms with E-state index in [9.17, 15) is 8.78 Å². The molecule has 0 aliphatic rings. The number of hydrogen-bond acceptors (Lipinski definition) is 2. The molecule has 1 rings (SSSR count). The van der Waals surface area contributed by atoms with Gasteiger partial charge in [0.25, 0.3) is 0 Å². The van der Waals surface area contributed by atoms with Gasteiger partial charge in [0.1, 0.15) is 11.6 Å². The lowest BCUT2D eigenvalue weighted by atomic mass is 10.3. The fourth-order valence-corrected chi connectivity index (χ4v) is 1.32. The van der Waals surface area contributed by atoms with E-state index in [1.165, 1.54) is 0 Å². The Hall–Kier alpha value is -1.08. The summed E-state index contributed by atoms with van der Waals surface area (Å²) in [6.07, 6.45) is 0. The summed E-state index contributed by atoms with van der Waals surface area (Å²) in [5.74, 6) is -0.853. The van der Waals surface area contributed by atoms with E-state index in [2.05, 4.69) is 0 Å². The average molecular weight is 185 g/mol. The topological polar surface area (TPSA) is 23.8 Å². The molecule has 0 unspecified atom stereocenters. The van der Waals surface area contributed by atoms with Crippen molar-refractivity contribution >= 4 is 11.8 Å². The first-order valence-electron chi connectivity index (χ1n) is 3.19. The van der Waals surface area contributed by atoms with Crippen LogP contribution in [-0.4, -0.2) is 5.75 Å². The Labute approximate surface area is 73.0 Å². The first-order chi connectivity index (χ1) is 5.74. The van der Waals surface area contributed by atoms with Gasteiger partial charge in [0.15, 0.2) is 0 Å². The summed E-state index contributed by atoms with van der Waals surface area (Å²) >= 11 is 0.985. The standard InChI is InChI=1S/C8H5F2NS/c9-6-1-2-7(10)8(5-6)12-4-3-11/h1-2,5H,4H2. The molecule has 1 aromatic rings. The molecule has 0 aromatic heterocycles. The molecule has 0 spiro atoms. The molecule has 12 heavy (non-hydrogen) atoms. The van der Waals surface area contributed by atoms with Crippen molar-refractivity contribution < 1.29 is 8.78 Å². The van der Waals surface area contributed by atoms with Crippen molar-refractivity contribution in [3.63, 3.8) is 0 Å². The quantitative estimate of drug-likeness (QED) is 0.661. The predicted octanol–water partition coefficient (Wildman–Crippen LogP) is 2.58. The van der Waals surface area contributed by atoms with Gasteiger partial charge < -0.3 is 0 Å². The van der Waals surface area contributed by atoms with Crippen LogP contribution in [0.25, 0.3) is 0 Å². The number of rotatable bonds is 2. The van der Waals surface area contributed by atoms with Crippen molar-refractivity contribution in [2.75, 3.05) is 5.75 Å². The minimum atomic E-state index is -0.489. The molecule has 0 aliphatic carbocycles. The lowest BCUT2D eigenvalue weighted by Crippen LogP contribution is -1.83. The highest BCUT2D eigenvalue weighted by Gasteiger charge is 2.02. The third-order valence-electron chi connectivity index (χ3n) is 1.19. The first kappa shape index (κ1) is 9.01. The summed E-state index contributed by atoms with van der Waals surface area (Å²) in [5.41, 5.74) is 0. The molecule has 0 heterocycles. The highest BCUT2D eigenvalue weighted by molar-refractivity contribution is 7.99. The van der Waals surface area contributed by atoms with Crippen LogP contribution in [0.2, 0.25) is 0 Å². The summed E-state index contributed by atoms with van der Waals surface area (Å²) in [6, 6.07) is 5.02. The van der Waals surface area contributed by atoms with Crippen LogP contribution in [0, 0.1) is 23.0 Å². The Morgan fingerprint density at radius 2 is 2.17 bits per heavy atom. The van der Waals surface area contributed by atoms with E-state index in [1.807, 2.05) is 6.07 Å². The van der Waals surface area contributed by atoms with Crippen molar-refractivity contribution in [2.24, 2.45) is 0 Å². The van der Waals surface area contributed by atoms with Gasteiger partial charge in [-0.15, -0.1) is 11.8 Å². The second-order valence-corrected chi connectivity index (χ2v) is 3.04. The number of halogens is 2. The van der Waals surface area contributed by atoms with Gasteiger partial charge in [-0.2, -0.15) is 5.26 Å². The number of hydrogen-bond donors (Lipinski definition) is 0. The fraction of sp³-hybridized carbons (Fsp3) is 0.125. The fourth-order valence-electron chi connectivity index (χ4n) is 0.698. The normalized spacial score (nSPS) is 9.42. The van der Waals surface area contributed by atoms with Crippen molar-refractivity contribution in [3.8, 4) is 6.07 Å². The van der Waals surface area contributed by atoms with E-state index < -0.39 is 11.6 Å². The monoisotopic (exact) mass is 185 g/mol. The highest BCUT2D eigenvalue weighted by Crippen LogP contribution is 2.21. The number of nitriles is 1. The smallest absolute Gasteiger partial charge is 0.136 e. The van der Waals surface area contributed by atoms with Crippen LogP contribution < -0.4 is 0 Å². The molecule has 0 amide bonds. The van der Waals surface area contributed by atoms with Crippen LogP contribution in [0.5, 0.6) is 0 Å². The molecule has 0 saturated carbocycles. The van der Waals surface area contributed by atoms with Crippen LogP contribution in [0.3, 0.4) is 0 Å². The Balaban J connectivity index is 2.84. The Morgan fingerprint density at radius 1 is 1.42 bits per heavy atom. The van der Waals surface area contributed by atoms with Crippen LogP contribution >= 0.6 is 11.8 Å². The molecule has 0 bridgehead atoms. The van der Waals surface area contributed by atoms with E-state index in [0.29, 0.717) is 0 Å². The average Bonchev–Trinajstić information content (AvgIpc) is 2.07. The SMILES string of the molecule is N#CCSc1cc(F)ccc1F. The van der Waals surface area contributed by atoms with Gasteiger partial charge in [0.2, 0.25) is 0 Å². The molecule has 0 radical (unpaired) electrons. The third-order valence-corrected chi connectivity index (χ3v) is 2.08. The predicted molar refractivity (Wildman–Crippen MR) is 42.7 cm³/mol. The van der Waals surface area contributed by atoms with Gasteiger partial charge in [-0.3, -0.25) is 0 Å². The molecule has 62 valence electrons. The van der Waals surface area contributed by atoms with E-state index in [1.54, 1.807) is 0 Å². The minimum Gasteiger partial charge on any atom is -0.207 e. The Kier molecular flexibility index (Phi) is 3.06. The van der Waals surface area contributed by atoms with E-state index in [-0.39, 0.29) is 10.6 Å². The molecule has 0 aliphatic heterocycles. The van der Waals surface area contributed by atoms with E-state index in [0.717, 1.165) is 30.0 Å². The zero-order valence-electron chi connectivity index (χ0n) is 6.05. The van der Waals surface area contributed by atoms with Gasteiger partial charge in [-0.1, -0.05) is 0 Å². The number of nitrogens with zero attached hydrogens (tertiary/aromatic N) is 1. The van der Waals surface area contributed by atoms with Crippen molar-refractivity contribution in [3.05, 3.63) is 29.8 Å². The Bertz CT molecular complexity index is 319. The molecular weight excluding hydrogens is 180 g/mol. The molecule has 1 nitrogen and oxygen atoms in total. The highest BCUT2D eigenvalue weighted by atomic mass is 32.2. The van der Waals surface area contributed by atoms with Crippen molar-refractivity contribution in [1.82, 2.24) is 0 Å². The van der Waals surface area contributed by atoms with Crippen molar-refractivity contribution in [1.29, 1.82) is 5.26 Å². The van der Waals surface area contributed by atoms with Crippen LogP contribution in [0.1, 0.15) is 0 Å². The summed E-state index contributed by atoms with van der Waals surface area (Å²) in [4.78, 5) is 0.177. The molecular formula is C8H5F2NS. The van der Waals surface area contributed by atoms with Crippen LogP contribution in [-0.2, 0) is 0 Å². The molecule has 4 heteroatoms. The zero-order valence-corrected chi connectivity index (χ0v) is 6.87. The van der Waals surface area contributed by atoms with E-state index >= 15 is 0 Å². The van der Waals surface area contributed by atoms with Crippen molar-refractivity contribution in [2.45, 2.75) is 4.90 Å². The number of thioether (sulfide) groups is 1. The van der Waals surface area contributed by atoms with E-state index in [4.69, 9.17) is 5.26 Å². The van der Waals surface area contributed by atoms with Gasteiger partial charge in [-0.25, -0.2) is 8.78 Å². The van der Waals surface area contributed by atoms with Gasteiger partial charge in [-0.05, 0) is 18.2 Å². The molecule has 0 N–H and O–H groups in total. The first-order valence-corrected chi connectivity index (χ1v) is 4.17. The second-order valence-electron chi connectivity index (χ2n) is 2.02. The summed E-state index contributed by atoms with van der Waals surface area (Å²) in [5, 5.41) is 8.20. The summed E-state index contributed by atoms with van der Waals surface area (Å²) in [6.45, 7) is 0.